The molecular formula is C63H123NO5. The van der Waals surface area contributed by atoms with Crippen molar-refractivity contribution in [1.29, 1.82) is 0 Å². The molecule has 0 saturated heterocycles. The number of aliphatic hydroxyl groups is 2. The number of hydrogen-bond donors (Lipinski definition) is 3. The smallest absolute Gasteiger partial charge is 0.305 e. The van der Waals surface area contributed by atoms with Crippen molar-refractivity contribution in [3.8, 4) is 0 Å². The molecule has 0 aliphatic heterocycles. The monoisotopic (exact) mass is 974 g/mol. The fourth-order valence-corrected chi connectivity index (χ4v) is 9.99. The van der Waals surface area contributed by atoms with Crippen LogP contribution >= 0.6 is 0 Å². The van der Waals surface area contributed by atoms with Crippen LogP contribution in [0.15, 0.2) is 12.2 Å². The molecule has 410 valence electrons. The first-order valence-corrected chi connectivity index (χ1v) is 31.5. The van der Waals surface area contributed by atoms with Gasteiger partial charge in [0.15, 0.2) is 0 Å². The summed E-state index contributed by atoms with van der Waals surface area (Å²) in [7, 11) is 0. The van der Waals surface area contributed by atoms with Crippen LogP contribution in [0.5, 0.6) is 0 Å². The number of rotatable bonds is 59. The average Bonchev–Trinajstić information content (AvgIpc) is 3.35. The van der Waals surface area contributed by atoms with Gasteiger partial charge in [0.1, 0.15) is 0 Å². The summed E-state index contributed by atoms with van der Waals surface area (Å²) in [5.74, 6) is -0.0437. The van der Waals surface area contributed by atoms with E-state index in [4.69, 9.17) is 4.74 Å². The summed E-state index contributed by atoms with van der Waals surface area (Å²) in [5, 5.41) is 23.0. The summed E-state index contributed by atoms with van der Waals surface area (Å²) < 4.78 is 5.48. The number of allylic oxidation sites excluding steroid dienone is 1. The molecule has 0 saturated carbocycles. The minimum atomic E-state index is -0.839. The number of hydrogen-bond acceptors (Lipinski definition) is 5. The van der Waals surface area contributed by atoms with Gasteiger partial charge in [0.05, 0.1) is 25.4 Å². The standard InChI is InChI=1S/C63H123NO5/c1-3-5-7-9-11-13-15-37-41-45-49-53-57-63(68)69-58-54-50-46-42-38-35-33-31-29-27-25-23-21-19-17-16-18-20-22-24-26-28-30-32-34-36-40-44-48-52-56-62(67)64-60(59-65)61(66)55-51-47-43-39-14-12-10-8-6-4-2/h51,55,60-61,65-66H,3-50,52-54,56-59H2,1-2H3,(H,64,67)/b55-51+. The van der Waals surface area contributed by atoms with Crippen molar-refractivity contribution in [1.82, 2.24) is 5.32 Å². The Morgan fingerprint density at radius 1 is 0.391 bits per heavy atom. The Hall–Kier alpha value is -1.40. The SMILES string of the molecule is CCCCCCCCCC/C=C/C(O)C(CO)NC(=O)CCCCCCCCCCCCCCCCCCCCCCCCCCCCCCCCOC(=O)CCCCCCCCCCCCCC. The lowest BCUT2D eigenvalue weighted by Gasteiger charge is -2.20. The zero-order valence-electron chi connectivity index (χ0n) is 46.8. The van der Waals surface area contributed by atoms with Crippen LogP contribution in [0.25, 0.3) is 0 Å². The van der Waals surface area contributed by atoms with Crippen molar-refractivity contribution in [2.45, 2.75) is 366 Å². The number of amides is 1. The highest BCUT2D eigenvalue weighted by atomic mass is 16.5. The molecule has 0 radical (unpaired) electrons. The topological polar surface area (TPSA) is 95.9 Å². The number of nitrogens with one attached hydrogen (secondary N) is 1. The maximum atomic E-state index is 12.4. The van der Waals surface area contributed by atoms with Crippen LogP contribution in [-0.2, 0) is 14.3 Å². The number of esters is 1. The molecule has 69 heavy (non-hydrogen) atoms. The number of ether oxygens (including phenoxy) is 1. The third-order valence-corrected chi connectivity index (χ3v) is 14.8. The highest BCUT2D eigenvalue weighted by Crippen LogP contribution is 2.18. The predicted molar refractivity (Wildman–Crippen MR) is 301 cm³/mol. The van der Waals surface area contributed by atoms with Crippen LogP contribution in [0.2, 0.25) is 0 Å². The van der Waals surface area contributed by atoms with Crippen molar-refractivity contribution in [3.05, 3.63) is 12.2 Å². The molecule has 0 aliphatic carbocycles. The second kappa shape index (κ2) is 59.2. The Morgan fingerprint density at radius 3 is 0.986 bits per heavy atom. The fraction of sp³-hybridized carbons (Fsp3) is 0.937. The van der Waals surface area contributed by atoms with Crippen molar-refractivity contribution < 1.29 is 24.5 Å². The van der Waals surface area contributed by atoms with Gasteiger partial charge in [-0.05, 0) is 32.1 Å². The van der Waals surface area contributed by atoms with E-state index in [2.05, 4.69) is 19.2 Å². The molecular weight excluding hydrogens is 851 g/mol. The van der Waals surface area contributed by atoms with E-state index in [1.54, 1.807) is 6.08 Å². The lowest BCUT2D eigenvalue weighted by atomic mass is 10.0. The molecule has 6 heteroatoms. The fourth-order valence-electron chi connectivity index (χ4n) is 9.99. The summed E-state index contributed by atoms with van der Waals surface area (Å²) in [4.78, 5) is 24.4. The molecule has 0 spiro atoms. The van der Waals surface area contributed by atoms with E-state index < -0.39 is 12.1 Å². The first kappa shape index (κ1) is 67.6. The molecule has 0 bridgehead atoms. The molecule has 0 heterocycles. The lowest BCUT2D eigenvalue weighted by molar-refractivity contribution is -0.143. The Balaban J connectivity index is 3.31. The predicted octanol–water partition coefficient (Wildman–Crippen LogP) is 19.6. The number of carbonyl (C=O) groups is 2. The van der Waals surface area contributed by atoms with Crippen molar-refractivity contribution in [3.63, 3.8) is 0 Å². The molecule has 0 aromatic rings. The molecule has 0 fully saturated rings. The Labute approximate surface area is 431 Å². The molecule has 0 aromatic carbocycles. The van der Waals surface area contributed by atoms with E-state index in [1.165, 1.54) is 289 Å². The van der Waals surface area contributed by atoms with Gasteiger partial charge in [0.25, 0.3) is 0 Å². The maximum absolute atomic E-state index is 12.4. The van der Waals surface area contributed by atoms with Crippen LogP contribution in [0.3, 0.4) is 0 Å². The Kier molecular flexibility index (Phi) is 58.0. The van der Waals surface area contributed by atoms with Crippen LogP contribution in [0.4, 0.5) is 0 Å². The second-order valence-electron chi connectivity index (χ2n) is 21.8. The van der Waals surface area contributed by atoms with Crippen molar-refractivity contribution in [2.75, 3.05) is 13.2 Å². The van der Waals surface area contributed by atoms with E-state index in [0.717, 1.165) is 38.5 Å². The average molecular weight is 975 g/mol. The minimum Gasteiger partial charge on any atom is -0.466 e. The van der Waals surface area contributed by atoms with Gasteiger partial charge in [0.2, 0.25) is 5.91 Å². The van der Waals surface area contributed by atoms with Crippen LogP contribution in [0.1, 0.15) is 354 Å². The molecule has 1 amide bonds. The molecule has 0 rings (SSSR count). The zero-order chi connectivity index (χ0) is 50.0. The third kappa shape index (κ3) is 55.8. The van der Waals surface area contributed by atoms with Gasteiger partial charge in [-0.2, -0.15) is 0 Å². The lowest BCUT2D eigenvalue weighted by Crippen LogP contribution is -2.45. The van der Waals surface area contributed by atoms with E-state index >= 15 is 0 Å². The van der Waals surface area contributed by atoms with Gasteiger partial charge < -0.3 is 20.3 Å². The molecule has 0 aromatic heterocycles. The highest BCUT2D eigenvalue weighted by molar-refractivity contribution is 5.76. The van der Waals surface area contributed by atoms with Gasteiger partial charge in [-0.3, -0.25) is 9.59 Å². The van der Waals surface area contributed by atoms with Crippen LogP contribution in [0, 0.1) is 0 Å². The Bertz CT molecular complexity index is 1030. The van der Waals surface area contributed by atoms with Crippen LogP contribution in [-0.4, -0.2) is 47.4 Å². The molecule has 0 aliphatic rings. The highest BCUT2D eigenvalue weighted by Gasteiger charge is 2.18. The van der Waals surface area contributed by atoms with Crippen molar-refractivity contribution in [2.24, 2.45) is 0 Å². The van der Waals surface area contributed by atoms with E-state index in [-0.39, 0.29) is 18.5 Å². The summed E-state index contributed by atoms with van der Waals surface area (Å²) in [6.07, 6.45) is 71.4. The second-order valence-corrected chi connectivity index (χ2v) is 21.8. The van der Waals surface area contributed by atoms with Crippen molar-refractivity contribution >= 4 is 11.9 Å². The molecule has 2 atom stereocenters. The summed E-state index contributed by atoms with van der Waals surface area (Å²) >= 11 is 0. The number of aliphatic hydroxyl groups excluding tert-OH is 2. The summed E-state index contributed by atoms with van der Waals surface area (Å²) in [6, 6.07) is -0.622. The quantitative estimate of drug-likeness (QED) is 0.0321. The van der Waals surface area contributed by atoms with Gasteiger partial charge >= 0.3 is 5.97 Å². The van der Waals surface area contributed by atoms with Gasteiger partial charge in [-0.25, -0.2) is 0 Å². The third-order valence-electron chi connectivity index (χ3n) is 14.8. The normalized spacial score (nSPS) is 12.6. The van der Waals surface area contributed by atoms with Gasteiger partial charge in [-0.1, -0.05) is 321 Å². The Morgan fingerprint density at radius 2 is 0.667 bits per heavy atom. The minimum absolute atomic E-state index is 0.0208. The van der Waals surface area contributed by atoms with Crippen LogP contribution < -0.4 is 5.32 Å². The maximum Gasteiger partial charge on any atom is 0.305 e. The van der Waals surface area contributed by atoms with Gasteiger partial charge in [0, 0.05) is 12.8 Å². The van der Waals surface area contributed by atoms with Gasteiger partial charge in [-0.15, -0.1) is 0 Å². The molecule has 3 N–H and O–H groups in total. The molecule has 2 unspecified atom stereocenters. The van der Waals surface area contributed by atoms with E-state index in [0.29, 0.717) is 19.4 Å². The number of unbranched alkanes of at least 4 members (excludes halogenated alkanes) is 48. The number of carbonyl (C=O) groups excluding carboxylic acids is 2. The first-order valence-electron chi connectivity index (χ1n) is 31.5. The zero-order valence-corrected chi connectivity index (χ0v) is 46.8. The first-order chi connectivity index (χ1) is 34.0. The largest absolute Gasteiger partial charge is 0.466 e. The van der Waals surface area contributed by atoms with E-state index in [1.807, 2.05) is 6.08 Å². The summed E-state index contributed by atoms with van der Waals surface area (Å²) in [6.45, 7) is 4.91. The van der Waals surface area contributed by atoms with E-state index in [9.17, 15) is 19.8 Å². The summed E-state index contributed by atoms with van der Waals surface area (Å²) in [5.41, 5.74) is 0. The molecule has 6 nitrogen and oxygen atoms in total.